The Bertz CT molecular complexity index is 429. The van der Waals surface area contributed by atoms with E-state index in [-0.39, 0.29) is 46.7 Å². The summed E-state index contributed by atoms with van der Waals surface area (Å²) in [6.45, 7) is 5.23. The fourth-order valence-electron chi connectivity index (χ4n) is 2.40. The predicted molar refractivity (Wildman–Crippen MR) is 63.3 cm³/mol. The number of carboxylic acid groups (broad SMARTS) is 1. The maximum Gasteiger partial charge on any atom is 1.00 e. The number of rotatable bonds is 3. The monoisotopic (exact) mass is 294 g/mol. The van der Waals surface area contributed by atoms with Gasteiger partial charge >= 0.3 is 29.6 Å². The third kappa shape index (κ3) is 2.66. The van der Waals surface area contributed by atoms with E-state index in [9.17, 15) is 19.5 Å². The number of amides is 2. The van der Waals surface area contributed by atoms with Crippen LogP contribution in [0.1, 0.15) is 27.2 Å². The van der Waals surface area contributed by atoms with E-state index >= 15 is 0 Å². The van der Waals surface area contributed by atoms with E-state index in [1.54, 1.807) is 20.8 Å². The van der Waals surface area contributed by atoms with Crippen molar-refractivity contribution in [3.8, 4) is 0 Å². The molecule has 0 aromatic heterocycles. The van der Waals surface area contributed by atoms with Crippen molar-refractivity contribution in [2.75, 3.05) is 0 Å². The molecular formula is C11H15N2NaO4S. The summed E-state index contributed by atoms with van der Waals surface area (Å²) >= 11 is 1.39. The first-order valence-corrected chi connectivity index (χ1v) is 6.67. The fraction of sp³-hybridized carbons (Fsp3) is 0.727. The van der Waals surface area contributed by atoms with E-state index in [2.05, 4.69) is 5.32 Å². The molecule has 0 bridgehead atoms. The van der Waals surface area contributed by atoms with Crippen LogP contribution in [0.4, 0.5) is 0 Å². The largest absolute Gasteiger partial charge is 1.00 e. The average molecular weight is 294 g/mol. The molecule has 8 heteroatoms. The number of β-lactam (4-membered cyclic amide) rings is 1. The molecule has 2 heterocycles. The summed E-state index contributed by atoms with van der Waals surface area (Å²) in [7, 11) is 0. The van der Waals surface area contributed by atoms with Gasteiger partial charge in [0.25, 0.3) is 0 Å². The Balaban J connectivity index is 0.00000180. The van der Waals surface area contributed by atoms with E-state index in [1.807, 2.05) is 0 Å². The molecule has 0 aliphatic carbocycles. The van der Waals surface area contributed by atoms with Crippen molar-refractivity contribution in [2.45, 2.75) is 49.4 Å². The maximum atomic E-state index is 11.9. The summed E-state index contributed by atoms with van der Waals surface area (Å²) in [5, 5.41) is 13.5. The van der Waals surface area contributed by atoms with Gasteiger partial charge in [0.15, 0.2) is 0 Å². The molecular weight excluding hydrogens is 279 g/mol. The first kappa shape index (κ1) is 16.8. The number of nitrogens with one attached hydrogen (secondary N) is 1. The van der Waals surface area contributed by atoms with Crippen LogP contribution in [-0.2, 0) is 14.4 Å². The van der Waals surface area contributed by atoms with Crippen LogP contribution in [0.25, 0.3) is 0 Å². The van der Waals surface area contributed by atoms with Crippen LogP contribution in [0.3, 0.4) is 0 Å². The van der Waals surface area contributed by atoms with Gasteiger partial charge in [-0.25, -0.2) is 0 Å². The van der Waals surface area contributed by atoms with Gasteiger partial charge in [-0.3, -0.25) is 9.59 Å². The minimum atomic E-state index is -1.25. The molecule has 19 heavy (non-hydrogen) atoms. The van der Waals surface area contributed by atoms with Gasteiger partial charge < -0.3 is 20.1 Å². The van der Waals surface area contributed by atoms with E-state index in [1.165, 1.54) is 16.7 Å². The van der Waals surface area contributed by atoms with Crippen LogP contribution in [0.5, 0.6) is 0 Å². The average Bonchev–Trinajstić information content (AvgIpc) is 2.54. The summed E-state index contributed by atoms with van der Waals surface area (Å²) in [5.74, 6) is -1.79. The van der Waals surface area contributed by atoms with Crippen molar-refractivity contribution in [2.24, 2.45) is 0 Å². The van der Waals surface area contributed by atoms with Gasteiger partial charge in [-0.05, 0) is 13.8 Å². The van der Waals surface area contributed by atoms with Crippen LogP contribution < -0.4 is 40.0 Å². The minimum absolute atomic E-state index is 0. The SMILES string of the molecule is CCC(=O)NC1C(=O)N2C1SC(C)(C)C2C(=O)[O-].[Na+]. The van der Waals surface area contributed by atoms with Crippen LogP contribution in [-0.4, -0.2) is 44.9 Å². The number of nitrogens with zero attached hydrogens (tertiary/aromatic N) is 1. The van der Waals surface area contributed by atoms with Crippen molar-refractivity contribution >= 4 is 29.5 Å². The van der Waals surface area contributed by atoms with Gasteiger partial charge in [-0.2, -0.15) is 0 Å². The number of thioether (sulfide) groups is 1. The zero-order chi connectivity index (χ0) is 13.7. The number of aliphatic carboxylic acids is 1. The zero-order valence-corrected chi connectivity index (χ0v) is 14.2. The van der Waals surface area contributed by atoms with Gasteiger partial charge in [-0.15, -0.1) is 11.8 Å². The minimum Gasteiger partial charge on any atom is -0.548 e. The summed E-state index contributed by atoms with van der Waals surface area (Å²) in [6.07, 6.45) is 0.300. The zero-order valence-electron chi connectivity index (χ0n) is 11.4. The van der Waals surface area contributed by atoms with Crippen molar-refractivity contribution in [3.63, 3.8) is 0 Å². The number of carbonyl (C=O) groups excluding carboxylic acids is 3. The normalized spacial score (nSPS) is 31.0. The molecule has 0 saturated carbocycles. The van der Waals surface area contributed by atoms with E-state index in [4.69, 9.17) is 0 Å². The molecule has 3 unspecified atom stereocenters. The first-order valence-electron chi connectivity index (χ1n) is 5.80. The number of carboxylic acids is 1. The molecule has 0 aromatic carbocycles. The molecule has 2 saturated heterocycles. The molecule has 2 rings (SSSR count). The molecule has 2 aliphatic heterocycles. The summed E-state index contributed by atoms with van der Waals surface area (Å²) in [6, 6.07) is -1.54. The van der Waals surface area contributed by atoms with Crippen LogP contribution in [0.2, 0.25) is 0 Å². The Kier molecular flexibility index (Phi) is 4.98. The topological polar surface area (TPSA) is 89.5 Å². The standard InChI is InChI=1S/C11H16N2O4S.Na/c1-4-5(14)12-6-8(15)13-7(10(16)17)11(2,3)18-9(6)13;/h6-7,9H,4H2,1-3H3,(H,12,14)(H,16,17);/q;+1/p-1. The molecule has 0 spiro atoms. The summed E-state index contributed by atoms with van der Waals surface area (Å²) in [4.78, 5) is 35.6. The first-order chi connectivity index (χ1) is 8.29. The Morgan fingerprint density at radius 1 is 1.47 bits per heavy atom. The maximum absolute atomic E-state index is 11.9. The number of fused-ring (bicyclic) bond motifs is 1. The van der Waals surface area contributed by atoms with Crippen molar-refractivity contribution in [3.05, 3.63) is 0 Å². The molecule has 1 N–H and O–H groups in total. The van der Waals surface area contributed by atoms with E-state index in [0.717, 1.165) is 0 Å². The molecule has 6 nitrogen and oxygen atoms in total. The van der Waals surface area contributed by atoms with Gasteiger partial charge in [0.2, 0.25) is 11.8 Å². The second-order valence-corrected chi connectivity index (χ2v) is 6.75. The van der Waals surface area contributed by atoms with Crippen molar-refractivity contribution < 1.29 is 49.0 Å². The fourth-order valence-corrected chi connectivity index (χ4v) is 4.02. The van der Waals surface area contributed by atoms with Gasteiger partial charge in [-0.1, -0.05) is 6.92 Å². The molecule has 0 radical (unpaired) electrons. The predicted octanol–water partition coefficient (Wildman–Crippen LogP) is -4.30. The van der Waals surface area contributed by atoms with Gasteiger partial charge in [0, 0.05) is 11.2 Å². The Hall–Kier alpha value is -0.240. The van der Waals surface area contributed by atoms with Crippen LogP contribution in [0, 0.1) is 0 Å². The molecule has 100 valence electrons. The van der Waals surface area contributed by atoms with E-state index < -0.39 is 22.8 Å². The quantitative estimate of drug-likeness (QED) is 0.420. The van der Waals surface area contributed by atoms with E-state index in [0.29, 0.717) is 6.42 Å². The second kappa shape index (κ2) is 5.63. The van der Waals surface area contributed by atoms with Gasteiger partial charge in [0.1, 0.15) is 11.4 Å². The number of hydrogen-bond donors (Lipinski definition) is 1. The summed E-state index contributed by atoms with van der Waals surface area (Å²) in [5.41, 5.74) is 0. The summed E-state index contributed by atoms with van der Waals surface area (Å²) < 4.78 is -0.606. The number of hydrogen-bond acceptors (Lipinski definition) is 5. The Morgan fingerprint density at radius 2 is 2.05 bits per heavy atom. The van der Waals surface area contributed by atoms with Gasteiger partial charge in [0.05, 0.1) is 12.0 Å². The molecule has 2 aliphatic rings. The molecule has 0 aromatic rings. The molecule has 3 atom stereocenters. The third-order valence-electron chi connectivity index (χ3n) is 3.30. The smallest absolute Gasteiger partial charge is 0.548 e. The molecule has 2 fully saturated rings. The van der Waals surface area contributed by atoms with Crippen molar-refractivity contribution in [1.29, 1.82) is 0 Å². The van der Waals surface area contributed by atoms with Crippen LogP contribution in [0.15, 0.2) is 0 Å². The Morgan fingerprint density at radius 3 is 2.53 bits per heavy atom. The van der Waals surface area contributed by atoms with Crippen molar-refractivity contribution in [1.82, 2.24) is 10.2 Å². The third-order valence-corrected chi connectivity index (χ3v) is 4.87. The molecule has 2 amide bonds. The second-order valence-electron chi connectivity index (χ2n) is 4.98. The number of carbonyl (C=O) groups is 3. The Labute approximate surface area is 138 Å². The van der Waals surface area contributed by atoms with Crippen LogP contribution >= 0.6 is 11.8 Å².